The number of sulfone groups is 1. The van der Waals surface area contributed by atoms with Crippen molar-refractivity contribution in [3.63, 3.8) is 0 Å². The highest BCUT2D eigenvalue weighted by atomic mass is 32.2. The number of anilines is 1. The zero-order chi connectivity index (χ0) is 22.9. The van der Waals surface area contributed by atoms with Crippen molar-refractivity contribution in [3.8, 4) is 17.0 Å². The van der Waals surface area contributed by atoms with Gasteiger partial charge in [0.2, 0.25) is 0 Å². The molecule has 32 heavy (non-hydrogen) atoms. The minimum Gasteiger partial charge on any atom is -0.497 e. The molecule has 2 heterocycles. The maximum Gasteiger partial charge on any atom is 0.276 e. The molecule has 0 aliphatic carbocycles. The number of ketones is 1. The molecule has 1 saturated heterocycles. The Morgan fingerprint density at radius 3 is 2.34 bits per heavy atom. The van der Waals surface area contributed by atoms with E-state index in [0.717, 1.165) is 5.56 Å². The molecule has 0 bridgehead atoms. The molecule has 8 nitrogen and oxygen atoms in total. The van der Waals surface area contributed by atoms with Gasteiger partial charge in [-0.2, -0.15) is 5.10 Å². The molecular formula is C23H23N3O5S. The number of aromatic nitrogens is 2. The smallest absolute Gasteiger partial charge is 0.276 e. The number of ether oxygens (including phenoxy) is 1. The second-order valence-corrected chi connectivity index (χ2v) is 9.96. The third-order valence-electron chi connectivity index (χ3n) is 5.46. The summed E-state index contributed by atoms with van der Waals surface area (Å²) in [7, 11) is -1.56. The van der Waals surface area contributed by atoms with Gasteiger partial charge < -0.3 is 10.1 Å². The molecular weight excluding hydrogens is 430 g/mol. The van der Waals surface area contributed by atoms with Gasteiger partial charge in [-0.1, -0.05) is 0 Å². The van der Waals surface area contributed by atoms with E-state index in [1.54, 1.807) is 54.3 Å². The number of rotatable bonds is 6. The molecule has 1 aromatic heterocycles. The molecule has 4 rings (SSSR count). The van der Waals surface area contributed by atoms with Crippen LogP contribution in [-0.2, 0) is 9.84 Å². The summed E-state index contributed by atoms with van der Waals surface area (Å²) in [5, 5.41) is 7.25. The van der Waals surface area contributed by atoms with E-state index in [4.69, 9.17) is 4.74 Å². The summed E-state index contributed by atoms with van der Waals surface area (Å²) in [6, 6.07) is 15.2. The van der Waals surface area contributed by atoms with Gasteiger partial charge in [0, 0.05) is 16.8 Å². The fourth-order valence-corrected chi connectivity index (χ4v) is 5.40. The van der Waals surface area contributed by atoms with E-state index in [-0.39, 0.29) is 29.0 Å². The molecule has 1 aliphatic heterocycles. The van der Waals surface area contributed by atoms with Gasteiger partial charge in [-0.05, 0) is 67.9 Å². The zero-order valence-corrected chi connectivity index (χ0v) is 18.6. The number of hydrogen-bond acceptors (Lipinski definition) is 6. The molecule has 1 amide bonds. The number of nitrogens with zero attached hydrogens (tertiary/aromatic N) is 2. The molecule has 0 saturated carbocycles. The van der Waals surface area contributed by atoms with Crippen LogP contribution in [0.2, 0.25) is 0 Å². The lowest BCUT2D eigenvalue weighted by molar-refractivity contribution is 0.101. The third-order valence-corrected chi connectivity index (χ3v) is 7.21. The topological polar surface area (TPSA) is 107 Å². The maximum absolute atomic E-state index is 12.9. The minimum absolute atomic E-state index is 0.00853. The number of amides is 1. The summed E-state index contributed by atoms with van der Waals surface area (Å²) in [5.41, 5.74) is 2.72. The van der Waals surface area contributed by atoms with Crippen molar-refractivity contribution in [3.05, 3.63) is 65.9 Å². The Morgan fingerprint density at radius 2 is 1.78 bits per heavy atom. The Bertz CT molecular complexity index is 1260. The summed E-state index contributed by atoms with van der Waals surface area (Å²) < 4.78 is 30.9. The van der Waals surface area contributed by atoms with Crippen LogP contribution in [0.3, 0.4) is 0 Å². The van der Waals surface area contributed by atoms with Crippen LogP contribution in [0.1, 0.15) is 40.2 Å². The number of benzene rings is 2. The Balaban J connectivity index is 1.66. The number of carbonyl (C=O) groups is 2. The van der Waals surface area contributed by atoms with Gasteiger partial charge in [-0.15, -0.1) is 0 Å². The summed E-state index contributed by atoms with van der Waals surface area (Å²) in [4.78, 5) is 24.3. The second-order valence-electron chi connectivity index (χ2n) is 7.73. The highest BCUT2D eigenvalue weighted by molar-refractivity contribution is 7.91. The average molecular weight is 454 g/mol. The Kier molecular flexibility index (Phi) is 5.84. The van der Waals surface area contributed by atoms with Crippen LogP contribution in [0.15, 0.2) is 54.6 Å². The fourth-order valence-electron chi connectivity index (χ4n) is 3.71. The van der Waals surface area contributed by atoms with Gasteiger partial charge in [-0.25, -0.2) is 8.42 Å². The summed E-state index contributed by atoms with van der Waals surface area (Å²) in [6.07, 6.45) is 0.445. The molecule has 1 N–H and O–H groups in total. The first-order valence-electron chi connectivity index (χ1n) is 10.1. The van der Waals surface area contributed by atoms with Gasteiger partial charge in [0.1, 0.15) is 5.75 Å². The quantitative estimate of drug-likeness (QED) is 0.574. The number of hydrogen-bond donors (Lipinski definition) is 1. The maximum atomic E-state index is 12.9. The van der Waals surface area contributed by atoms with Crippen molar-refractivity contribution in [2.75, 3.05) is 23.9 Å². The van der Waals surface area contributed by atoms with E-state index in [9.17, 15) is 18.0 Å². The van der Waals surface area contributed by atoms with Crippen LogP contribution >= 0.6 is 0 Å². The van der Waals surface area contributed by atoms with Crippen molar-refractivity contribution in [2.24, 2.45) is 0 Å². The molecule has 9 heteroatoms. The lowest BCUT2D eigenvalue weighted by atomic mass is 10.1. The van der Waals surface area contributed by atoms with Gasteiger partial charge in [0.25, 0.3) is 5.91 Å². The van der Waals surface area contributed by atoms with Crippen molar-refractivity contribution in [1.82, 2.24) is 9.78 Å². The first-order valence-corrected chi connectivity index (χ1v) is 11.9. The first-order chi connectivity index (χ1) is 15.3. The molecule has 2 aromatic carbocycles. The molecule has 0 unspecified atom stereocenters. The molecule has 0 spiro atoms. The second kappa shape index (κ2) is 8.58. The molecule has 1 fully saturated rings. The van der Waals surface area contributed by atoms with Gasteiger partial charge in [0.05, 0.1) is 30.4 Å². The highest BCUT2D eigenvalue weighted by Crippen LogP contribution is 2.31. The standard InChI is InChI=1S/C23H23N3O5S/c1-15(27)16-3-7-18(8-4-16)24-23(28)21-13-22(17-5-9-20(31-2)10-6-17)26(25-21)19-11-12-32(29,30)14-19/h3-10,13,19H,11-12,14H2,1-2H3,(H,24,28)/t19-/m1/s1. The van der Waals surface area contributed by atoms with Gasteiger partial charge in [0.15, 0.2) is 21.3 Å². The van der Waals surface area contributed by atoms with Crippen molar-refractivity contribution in [2.45, 2.75) is 19.4 Å². The number of methoxy groups -OCH3 is 1. The highest BCUT2D eigenvalue weighted by Gasteiger charge is 2.32. The van der Waals surface area contributed by atoms with E-state index < -0.39 is 15.7 Å². The van der Waals surface area contributed by atoms with Crippen molar-refractivity contribution >= 4 is 27.2 Å². The van der Waals surface area contributed by atoms with Gasteiger partial charge in [-0.3, -0.25) is 14.3 Å². The Labute approximate surface area is 186 Å². The average Bonchev–Trinajstić information content (AvgIpc) is 3.37. The summed E-state index contributed by atoms with van der Waals surface area (Å²) >= 11 is 0. The van der Waals surface area contributed by atoms with Crippen LogP contribution in [0.25, 0.3) is 11.3 Å². The van der Waals surface area contributed by atoms with E-state index in [1.165, 1.54) is 6.92 Å². The van der Waals surface area contributed by atoms with Crippen LogP contribution < -0.4 is 10.1 Å². The molecule has 166 valence electrons. The molecule has 3 aromatic rings. The largest absolute Gasteiger partial charge is 0.497 e. The Hall–Kier alpha value is -3.46. The van der Waals surface area contributed by atoms with Crippen molar-refractivity contribution in [1.29, 1.82) is 0 Å². The van der Waals surface area contributed by atoms with Crippen LogP contribution in [0.5, 0.6) is 5.75 Å². The van der Waals surface area contributed by atoms with E-state index in [0.29, 0.717) is 29.1 Å². The third kappa shape index (κ3) is 4.57. The lowest BCUT2D eigenvalue weighted by Crippen LogP contribution is -2.16. The van der Waals surface area contributed by atoms with E-state index in [1.807, 2.05) is 12.1 Å². The van der Waals surface area contributed by atoms with Crippen molar-refractivity contribution < 1.29 is 22.7 Å². The zero-order valence-electron chi connectivity index (χ0n) is 17.7. The SMILES string of the molecule is COc1ccc(-c2cc(C(=O)Nc3ccc(C(C)=O)cc3)nn2[C@@H]2CCS(=O)(=O)C2)cc1. The number of Topliss-reactive ketones (excluding diaryl/α,β-unsaturated/α-hetero) is 1. The minimum atomic E-state index is -3.13. The van der Waals surface area contributed by atoms with E-state index in [2.05, 4.69) is 10.4 Å². The van der Waals surface area contributed by atoms with Crippen LogP contribution in [0, 0.1) is 0 Å². The normalized spacial score (nSPS) is 17.1. The molecule has 0 radical (unpaired) electrons. The lowest BCUT2D eigenvalue weighted by Gasteiger charge is -2.13. The summed E-state index contributed by atoms with van der Waals surface area (Å²) in [5.74, 6) is 0.303. The predicted molar refractivity (Wildman–Crippen MR) is 121 cm³/mol. The van der Waals surface area contributed by atoms with Gasteiger partial charge >= 0.3 is 0 Å². The number of nitrogens with one attached hydrogen (secondary N) is 1. The van der Waals surface area contributed by atoms with Crippen LogP contribution in [-0.4, -0.2) is 48.5 Å². The first kappa shape index (κ1) is 21.8. The van der Waals surface area contributed by atoms with Crippen LogP contribution in [0.4, 0.5) is 5.69 Å². The Morgan fingerprint density at radius 1 is 1.09 bits per heavy atom. The summed E-state index contributed by atoms with van der Waals surface area (Å²) in [6.45, 7) is 1.48. The van der Waals surface area contributed by atoms with E-state index >= 15 is 0 Å². The number of carbonyl (C=O) groups excluding carboxylic acids is 2. The molecule has 1 aliphatic rings. The fraction of sp³-hybridized carbons (Fsp3) is 0.261. The predicted octanol–water partition coefficient (Wildman–Crippen LogP) is 3.37. The molecule has 1 atom stereocenters. The monoisotopic (exact) mass is 453 g/mol.